The highest BCUT2D eigenvalue weighted by atomic mass is 16.5. The molecule has 1 rings (SSSR count). The molecule has 1 aromatic carbocycles. The van der Waals surface area contributed by atoms with Crippen LogP contribution in [-0.4, -0.2) is 19.8 Å². The first-order chi connectivity index (χ1) is 6.72. The molecule has 0 spiro atoms. The van der Waals surface area contributed by atoms with Crippen molar-refractivity contribution in [3.05, 3.63) is 29.8 Å². The first kappa shape index (κ1) is 11.0. The second kappa shape index (κ2) is 5.62. The zero-order chi connectivity index (χ0) is 10.4. The summed E-state index contributed by atoms with van der Waals surface area (Å²) in [5, 5.41) is 3.30. The zero-order valence-electron chi connectivity index (χ0n) is 8.79. The monoisotopic (exact) mass is 194 g/mol. The fourth-order valence-electron chi connectivity index (χ4n) is 1.21. The van der Waals surface area contributed by atoms with Gasteiger partial charge in [-0.25, -0.2) is 0 Å². The molecule has 78 valence electrons. The van der Waals surface area contributed by atoms with Crippen molar-refractivity contribution in [3.8, 4) is 0 Å². The normalized spacial score (nSPS) is 12.7. The van der Waals surface area contributed by atoms with E-state index in [4.69, 9.17) is 10.5 Å². The largest absolute Gasteiger partial charge is 0.399 e. The van der Waals surface area contributed by atoms with Gasteiger partial charge >= 0.3 is 0 Å². The van der Waals surface area contributed by atoms with Gasteiger partial charge in [0, 0.05) is 25.9 Å². The number of ether oxygens (including phenoxy) is 1. The van der Waals surface area contributed by atoms with Crippen molar-refractivity contribution in [3.63, 3.8) is 0 Å². The molecule has 0 saturated heterocycles. The Kier molecular flexibility index (Phi) is 4.43. The van der Waals surface area contributed by atoms with Crippen LogP contribution in [-0.2, 0) is 11.3 Å². The fourth-order valence-corrected chi connectivity index (χ4v) is 1.21. The number of hydrogen-bond acceptors (Lipinski definition) is 3. The second-order valence-electron chi connectivity index (χ2n) is 3.42. The Hall–Kier alpha value is -1.06. The Morgan fingerprint density at radius 3 is 2.93 bits per heavy atom. The maximum absolute atomic E-state index is 5.66. The standard InChI is InChI=1S/C11H18N2O/c1-9(14-2)7-13-8-10-4-3-5-11(12)6-10/h3-6,9,13H,7-8,12H2,1-2H3. The molecule has 0 aliphatic heterocycles. The predicted molar refractivity (Wildman–Crippen MR) is 59.0 cm³/mol. The van der Waals surface area contributed by atoms with E-state index in [2.05, 4.69) is 11.4 Å². The quantitative estimate of drug-likeness (QED) is 0.696. The molecule has 0 aliphatic rings. The molecule has 0 fully saturated rings. The minimum absolute atomic E-state index is 0.246. The van der Waals surface area contributed by atoms with Crippen molar-refractivity contribution in [2.45, 2.75) is 19.6 Å². The van der Waals surface area contributed by atoms with Crippen molar-refractivity contribution in [2.24, 2.45) is 0 Å². The lowest BCUT2D eigenvalue weighted by atomic mass is 10.2. The first-order valence-electron chi connectivity index (χ1n) is 4.80. The van der Waals surface area contributed by atoms with E-state index in [1.165, 1.54) is 5.56 Å². The maximum Gasteiger partial charge on any atom is 0.0667 e. The van der Waals surface area contributed by atoms with E-state index in [1.54, 1.807) is 7.11 Å². The molecule has 1 aromatic rings. The smallest absolute Gasteiger partial charge is 0.0667 e. The molecule has 0 amide bonds. The van der Waals surface area contributed by atoms with E-state index in [-0.39, 0.29) is 6.10 Å². The summed E-state index contributed by atoms with van der Waals surface area (Å²) in [5.74, 6) is 0. The van der Waals surface area contributed by atoms with Gasteiger partial charge in [0.15, 0.2) is 0 Å². The average Bonchev–Trinajstić information content (AvgIpc) is 2.17. The molecule has 0 saturated carbocycles. The number of methoxy groups -OCH3 is 1. The Labute approximate surface area is 85.3 Å². The molecule has 1 unspecified atom stereocenters. The lowest BCUT2D eigenvalue weighted by Gasteiger charge is -2.10. The van der Waals surface area contributed by atoms with Gasteiger partial charge in [0.2, 0.25) is 0 Å². The van der Waals surface area contributed by atoms with Gasteiger partial charge < -0.3 is 15.8 Å². The van der Waals surface area contributed by atoms with Crippen LogP contribution in [0, 0.1) is 0 Å². The molecule has 0 bridgehead atoms. The van der Waals surface area contributed by atoms with E-state index in [1.807, 2.05) is 25.1 Å². The van der Waals surface area contributed by atoms with E-state index < -0.39 is 0 Å². The van der Waals surface area contributed by atoms with Crippen LogP contribution in [0.2, 0.25) is 0 Å². The molecule has 3 nitrogen and oxygen atoms in total. The molecule has 0 radical (unpaired) electrons. The molecule has 14 heavy (non-hydrogen) atoms. The van der Waals surface area contributed by atoms with Gasteiger partial charge in [-0.05, 0) is 24.6 Å². The van der Waals surface area contributed by atoms with Crippen LogP contribution in [0.1, 0.15) is 12.5 Å². The van der Waals surface area contributed by atoms with Crippen LogP contribution in [0.4, 0.5) is 5.69 Å². The molecular weight excluding hydrogens is 176 g/mol. The Bertz CT molecular complexity index is 276. The lowest BCUT2D eigenvalue weighted by molar-refractivity contribution is 0.117. The summed E-state index contributed by atoms with van der Waals surface area (Å²) < 4.78 is 5.12. The highest BCUT2D eigenvalue weighted by Gasteiger charge is 1.98. The fraction of sp³-hybridized carbons (Fsp3) is 0.455. The third-order valence-corrected chi connectivity index (χ3v) is 2.11. The van der Waals surface area contributed by atoms with Gasteiger partial charge in [0.05, 0.1) is 6.10 Å². The number of nitrogens with one attached hydrogen (secondary N) is 1. The summed E-state index contributed by atoms with van der Waals surface area (Å²) in [6, 6.07) is 7.89. The number of benzene rings is 1. The number of nitrogen functional groups attached to an aromatic ring is 1. The first-order valence-corrected chi connectivity index (χ1v) is 4.80. The van der Waals surface area contributed by atoms with E-state index in [9.17, 15) is 0 Å². The van der Waals surface area contributed by atoms with Gasteiger partial charge in [0.25, 0.3) is 0 Å². The molecule has 3 N–H and O–H groups in total. The van der Waals surface area contributed by atoms with Crippen LogP contribution >= 0.6 is 0 Å². The van der Waals surface area contributed by atoms with Crippen molar-refractivity contribution in [2.75, 3.05) is 19.4 Å². The van der Waals surface area contributed by atoms with E-state index >= 15 is 0 Å². The summed E-state index contributed by atoms with van der Waals surface area (Å²) in [4.78, 5) is 0. The van der Waals surface area contributed by atoms with Crippen LogP contribution < -0.4 is 11.1 Å². The Morgan fingerprint density at radius 2 is 2.29 bits per heavy atom. The zero-order valence-corrected chi connectivity index (χ0v) is 8.79. The molecule has 1 atom stereocenters. The third-order valence-electron chi connectivity index (χ3n) is 2.11. The minimum Gasteiger partial charge on any atom is -0.399 e. The molecule has 0 heterocycles. The third kappa shape index (κ3) is 3.77. The van der Waals surface area contributed by atoms with Crippen LogP contribution in [0.15, 0.2) is 24.3 Å². The lowest BCUT2D eigenvalue weighted by Crippen LogP contribution is -2.25. The predicted octanol–water partition coefficient (Wildman–Crippen LogP) is 1.39. The van der Waals surface area contributed by atoms with Crippen LogP contribution in [0.5, 0.6) is 0 Å². The molecular formula is C11H18N2O. The summed E-state index contributed by atoms with van der Waals surface area (Å²) >= 11 is 0. The highest BCUT2D eigenvalue weighted by Crippen LogP contribution is 2.05. The van der Waals surface area contributed by atoms with Gasteiger partial charge in [-0.3, -0.25) is 0 Å². The summed E-state index contributed by atoms with van der Waals surface area (Å²) in [5.41, 5.74) is 7.68. The maximum atomic E-state index is 5.66. The molecule has 0 aliphatic carbocycles. The minimum atomic E-state index is 0.246. The second-order valence-corrected chi connectivity index (χ2v) is 3.42. The summed E-state index contributed by atoms with van der Waals surface area (Å²) in [6.07, 6.45) is 0.246. The summed E-state index contributed by atoms with van der Waals surface area (Å²) in [6.45, 7) is 3.72. The number of rotatable bonds is 5. The van der Waals surface area contributed by atoms with Gasteiger partial charge in [-0.1, -0.05) is 12.1 Å². The highest BCUT2D eigenvalue weighted by molar-refractivity contribution is 5.40. The van der Waals surface area contributed by atoms with Gasteiger partial charge in [0.1, 0.15) is 0 Å². The Morgan fingerprint density at radius 1 is 1.50 bits per heavy atom. The number of nitrogens with two attached hydrogens (primary N) is 1. The Balaban J connectivity index is 2.31. The van der Waals surface area contributed by atoms with Gasteiger partial charge in [-0.15, -0.1) is 0 Å². The summed E-state index contributed by atoms with van der Waals surface area (Å²) in [7, 11) is 1.72. The van der Waals surface area contributed by atoms with E-state index in [0.717, 1.165) is 18.8 Å². The topological polar surface area (TPSA) is 47.3 Å². The van der Waals surface area contributed by atoms with Crippen LogP contribution in [0.25, 0.3) is 0 Å². The van der Waals surface area contributed by atoms with Crippen molar-refractivity contribution < 1.29 is 4.74 Å². The van der Waals surface area contributed by atoms with Crippen molar-refractivity contribution in [1.82, 2.24) is 5.32 Å². The number of hydrogen-bond donors (Lipinski definition) is 2. The van der Waals surface area contributed by atoms with Crippen LogP contribution in [0.3, 0.4) is 0 Å². The molecule has 3 heteroatoms. The SMILES string of the molecule is COC(C)CNCc1cccc(N)c1. The van der Waals surface area contributed by atoms with Crippen molar-refractivity contribution >= 4 is 5.69 Å². The average molecular weight is 194 g/mol. The number of anilines is 1. The van der Waals surface area contributed by atoms with Crippen molar-refractivity contribution in [1.29, 1.82) is 0 Å². The van der Waals surface area contributed by atoms with E-state index in [0.29, 0.717) is 0 Å². The van der Waals surface area contributed by atoms with Gasteiger partial charge in [-0.2, -0.15) is 0 Å². The molecule has 0 aromatic heterocycles.